The zero-order valence-corrected chi connectivity index (χ0v) is 12.7. The number of benzene rings is 1. The van der Waals surface area contributed by atoms with E-state index in [0.717, 1.165) is 12.1 Å². The fourth-order valence-corrected chi connectivity index (χ4v) is 3.20. The number of alkyl halides is 4. The number of halogens is 4. The normalized spacial score (nSPS) is 27.1. The first-order chi connectivity index (χ1) is 11.3. The van der Waals surface area contributed by atoms with Crippen molar-refractivity contribution in [3.05, 3.63) is 29.8 Å². The molecule has 2 atom stereocenters. The molecule has 2 saturated heterocycles. The second-order valence-electron chi connectivity index (χ2n) is 6.12. The fourth-order valence-electron chi connectivity index (χ4n) is 3.20. The van der Waals surface area contributed by atoms with Crippen LogP contribution in [0.4, 0.5) is 17.6 Å². The molecule has 1 N–H and O–H groups in total. The van der Waals surface area contributed by atoms with Crippen LogP contribution in [0.1, 0.15) is 23.2 Å². The molecule has 2 aliphatic rings. The Hall–Kier alpha value is -1.67. The standard InChI is InChI=1S/C16H17F4NO3/c17-15(18)16(19,20)24-13-3-1-2-9(6-13)14(22)10-4-11-7-23-8-12(5-10)21-11/h1-3,6,10-12,15,21H,4-5,7-8H2. The van der Waals surface area contributed by atoms with Gasteiger partial charge in [-0.2, -0.15) is 17.6 Å². The molecule has 2 bridgehead atoms. The van der Waals surface area contributed by atoms with Crippen LogP contribution in [-0.4, -0.2) is 43.6 Å². The van der Waals surface area contributed by atoms with Gasteiger partial charge in [0, 0.05) is 23.6 Å². The van der Waals surface area contributed by atoms with Gasteiger partial charge in [-0.3, -0.25) is 4.79 Å². The summed E-state index contributed by atoms with van der Waals surface area (Å²) < 4.78 is 59.9. The Morgan fingerprint density at radius 1 is 1.25 bits per heavy atom. The van der Waals surface area contributed by atoms with Crippen molar-refractivity contribution < 1.29 is 31.8 Å². The van der Waals surface area contributed by atoms with Gasteiger partial charge in [0.15, 0.2) is 5.78 Å². The highest BCUT2D eigenvalue weighted by Crippen LogP contribution is 2.30. The maximum Gasteiger partial charge on any atom is 0.461 e. The summed E-state index contributed by atoms with van der Waals surface area (Å²) in [4.78, 5) is 12.6. The lowest BCUT2D eigenvalue weighted by molar-refractivity contribution is -0.253. The highest BCUT2D eigenvalue weighted by atomic mass is 19.3. The first kappa shape index (κ1) is 17.2. The van der Waals surface area contributed by atoms with Crippen LogP contribution in [-0.2, 0) is 4.74 Å². The predicted molar refractivity (Wildman–Crippen MR) is 76.6 cm³/mol. The first-order valence-corrected chi connectivity index (χ1v) is 7.68. The zero-order chi connectivity index (χ0) is 17.3. The largest absolute Gasteiger partial charge is 0.461 e. The van der Waals surface area contributed by atoms with Crippen LogP contribution >= 0.6 is 0 Å². The Labute approximate surface area is 136 Å². The smallest absolute Gasteiger partial charge is 0.428 e. The lowest BCUT2D eigenvalue weighted by Crippen LogP contribution is -2.55. The van der Waals surface area contributed by atoms with Crippen molar-refractivity contribution in [1.82, 2.24) is 5.32 Å². The minimum atomic E-state index is -4.59. The lowest BCUT2D eigenvalue weighted by atomic mass is 9.82. The summed E-state index contributed by atoms with van der Waals surface area (Å²) in [5, 5.41) is 3.36. The van der Waals surface area contributed by atoms with Gasteiger partial charge in [-0.1, -0.05) is 12.1 Å². The van der Waals surface area contributed by atoms with Crippen molar-refractivity contribution in [3.63, 3.8) is 0 Å². The second kappa shape index (κ2) is 6.68. The minimum Gasteiger partial charge on any atom is -0.428 e. The van der Waals surface area contributed by atoms with Gasteiger partial charge in [-0.15, -0.1) is 0 Å². The van der Waals surface area contributed by atoms with E-state index in [4.69, 9.17) is 4.74 Å². The van der Waals surface area contributed by atoms with Crippen molar-refractivity contribution in [1.29, 1.82) is 0 Å². The van der Waals surface area contributed by atoms with Gasteiger partial charge in [0.2, 0.25) is 0 Å². The molecule has 4 nitrogen and oxygen atoms in total. The van der Waals surface area contributed by atoms with E-state index in [9.17, 15) is 22.4 Å². The van der Waals surface area contributed by atoms with Crippen molar-refractivity contribution >= 4 is 5.78 Å². The summed E-state index contributed by atoms with van der Waals surface area (Å²) in [6, 6.07) is 5.22. The third-order valence-corrected chi connectivity index (χ3v) is 4.24. The molecule has 24 heavy (non-hydrogen) atoms. The summed E-state index contributed by atoms with van der Waals surface area (Å²) in [7, 11) is 0. The van der Waals surface area contributed by atoms with E-state index in [0.29, 0.717) is 26.1 Å². The highest BCUT2D eigenvalue weighted by Gasteiger charge is 2.44. The highest BCUT2D eigenvalue weighted by molar-refractivity contribution is 5.98. The topological polar surface area (TPSA) is 47.6 Å². The monoisotopic (exact) mass is 347 g/mol. The summed E-state index contributed by atoms with van der Waals surface area (Å²) in [5.41, 5.74) is 0.184. The van der Waals surface area contributed by atoms with Crippen LogP contribution < -0.4 is 10.1 Å². The number of rotatable bonds is 5. The number of fused-ring (bicyclic) bond motifs is 2. The maximum atomic E-state index is 13.0. The predicted octanol–water partition coefficient (Wildman–Crippen LogP) is 2.87. The molecule has 0 saturated carbocycles. The molecule has 3 rings (SSSR count). The number of ether oxygens (including phenoxy) is 2. The number of nitrogens with one attached hydrogen (secondary N) is 1. The van der Waals surface area contributed by atoms with Crippen molar-refractivity contribution in [2.24, 2.45) is 5.92 Å². The van der Waals surface area contributed by atoms with Gasteiger partial charge in [-0.05, 0) is 25.0 Å². The molecule has 0 spiro atoms. The lowest BCUT2D eigenvalue weighted by Gasteiger charge is -2.39. The molecule has 0 aromatic heterocycles. The van der Waals surface area contributed by atoms with Crippen LogP contribution in [0.15, 0.2) is 24.3 Å². The summed E-state index contributed by atoms with van der Waals surface area (Å²) >= 11 is 0. The maximum absolute atomic E-state index is 13.0. The van der Waals surface area contributed by atoms with Gasteiger partial charge in [0.25, 0.3) is 0 Å². The van der Waals surface area contributed by atoms with Crippen LogP contribution in [0.5, 0.6) is 5.75 Å². The Morgan fingerprint density at radius 2 is 1.92 bits per heavy atom. The number of hydrogen-bond donors (Lipinski definition) is 1. The van der Waals surface area contributed by atoms with Crippen LogP contribution in [0.3, 0.4) is 0 Å². The van der Waals surface area contributed by atoms with E-state index >= 15 is 0 Å². The second-order valence-corrected chi connectivity index (χ2v) is 6.12. The Kier molecular flexibility index (Phi) is 4.78. The number of morpholine rings is 1. The quantitative estimate of drug-likeness (QED) is 0.657. The van der Waals surface area contributed by atoms with Gasteiger partial charge < -0.3 is 14.8 Å². The molecule has 2 aliphatic heterocycles. The zero-order valence-electron chi connectivity index (χ0n) is 12.7. The van der Waals surface area contributed by atoms with Crippen LogP contribution in [0, 0.1) is 5.92 Å². The molecule has 0 aliphatic carbocycles. The van der Waals surface area contributed by atoms with E-state index in [1.54, 1.807) is 0 Å². The van der Waals surface area contributed by atoms with Gasteiger partial charge in [0.1, 0.15) is 5.75 Å². The van der Waals surface area contributed by atoms with E-state index in [1.807, 2.05) is 0 Å². The molecular formula is C16H17F4NO3. The number of hydrogen-bond acceptors (Lipinski definition) is 4. The Bertz CT molecular complexity index is 599. The van der Waals surface area contributed by atoms with Crippen LogP contribution in [0.2, 0.25) is 0 Å². The average Bonchev–Trinajstić information content (AvgIpc) is 2.53. The molecule has 0 amide bonds. The molecule has 1 aromatic carbocycles. The van der Waals surface area contributed by atoms with Crippen LogP contribution in [0.25, 0.3) is 0 Å². The minimum absolute atomic E-state index is 0.0917. The third kappa shape index (κ3) is 3.70. The number of carbonyl (C=O) groups is 1. The third-order valence-electron chi connectivity index (χ3n) is 4.24. The molecule has 0 radical (unpaired) electrons. The van der Waals surface area contributed by atoms with Crippen molar-refractivity contribution in [2.75, 3.05) is 13.2 Å². The average molecular weight is 347 g/mol. The molecule has 8 heteroatoms. The Morgan fingerprint density at radius 3 is 2.54 bits per heavy atom. The summed E-state index contributed by atoms with van der Waals surface area (Å²) in [6.45, 7) is 1.06. The molecule has 2 fully saturated rings. The molecule has 2 heterocycles. The number of ketones is 1. The molecule has 2 unspecified atom stereocenters. The number of Topliss-reactive ketones (excluding diaryl/α,β-unsaturated/α-hetero) is 1. The number of piperidine rings is 1. The van der Waals surface area contributed by atoms with E-state index in [-0.39, 0.29) is 29.3 Å². The van der Waals surface area contributed by atoms with E-state index in [1.165, 1.54) is 12.1 Å². The molecular weight excluding hydrogens is 330 g/mol. The van der Waals surface area contributed by atoms with Gasteiger partial charge >= 0.3 is 12.5 Å². The Balaban J connectivity index is 1.72. The molecule has 132 valence electrons. The summed E-state index contributed by atoms with van der Waals surface area (Å²) in [6.07, 6.45) is -7.35. The molecule has 1 aromatic rings. The number of carbonyl (C=O) groups excluding carboxylic acids is 1. The summed E-state index contributed by atoms with van der Waals surface area (Å²) in [5.74, 6) is -0.904. The van der Waals surface area contributed by atoms with Crippen molar-refractivity contribution in [3.8, 4) is 5.75 Å². The van der Waals surface area contributed by atoms with Crippen molar-refractivity contribution in [2.45, 2.75) is 37.5 Å². The van der Waals surface area contributed by atoms with E-state index in [2.05, 4.69) is 10.1 Å². The first-order valence-electron chi connectivity index (χ1n) is 7.68. The SMILES string of the molecule is O=C(c1cccc(OC(F)(F)C(F)F)c1)C1CC2COCC(C1)N2. The van der Waals surface area contributed by atoms with Gasteiger partial charge in [0.05, 0.1) is 13.2 Å². The fraction of sp³-hybridized carbons (Fsp3) is 0.562. The van der Waals surface area contributed by atoms with E-state index < -0.39 is 18.3 Å². The van der Waals surface area contributed by atoms with Gasteiger partial charge in [-0.25, -0.2) is 0 Å².